The van der Waals surface area contributed by atoms with Gasteiger partial charge < -0.3 is 40.8 Å². The van der Waals surface area contributed by atoms with Gasteiger partial charge in [-0.2, -0.15) is 0 Å². The number of carboxylic acid groups (broad SMARTS) is 1. The van der Waals surface area contributed by atoms with Crippen LogP contribution >= 0.6 is 0 Å². The predicted molar refractivity (Wildman–Crippen MR) is 116 cm³/mol. The summed E-state index contributed by atoms with van der Waals surface area (Å²) in [6, 6.07) is -1.10. The number of rotatable bonds is 13. The van der Waals surface area contributed by atoms with Gasteiger partial charge in [0.05, 0.1) is 19.5 Å². The Labute approximate surface area is 184 Å². The standard InChI is InChI=1S/C18H29N9O5/c1-26(2)14-13-15(23-10-22-14)27(11-24-13)6-7-31-8-9-32-18(30)25-12(16(28)29)4-3-5-21-17(19)20/h10-12H,3-9H2,1-2H3,(H,25,30)(H,28,29)(H4,19,20,21)/t12-/m0/s1. The summed E-state index contributed by atoms with van der Waals surface area (Å²) in [4.78, 5) is 41.5. The van der Waals surface area contributed by atoms with Gasteiger partial charge in [-0.3, -0.25) is 4.99 Å². The first-order valence-corrected chi connectivity index (χ1v) is 9.92. The van der Waals surface area contributed by atoms with Crippen molar-refractivity contribution in [2.45, 2.75) is 25.4 Å². The number of nitrogens with one attached hydrogen (secondary N) is 1. The minimum absolute atomic E-state index is 0.0240. The molecule has 176 valence electrons. The normalized spacial score (nSPS) is 11.7. The van der Waals surface area contributed by atoms with E-state index in [2.05, 4.69) is 25.3 Å². The molecule has 0 spiro atoms. The average Bonchev–Trinajstić information content (AvgIpc) is 3.15. The van der Waals surface area contributed by atoms with Crippen molar-refractivity contribution in [3.05, 3.63) is 12.7 Å². The molecule has 0 fully saturated rings. The predicted octanol–water partition coefficient (Wildman–Crippen LogP) is -0.858. The number of aromatic nitrogens is 4. The van der Waals surface area contributed by atoms with Crippen molar-refractivity contribution in [1.29, 1.82) is 0 Å². The molecule has 14 heteroatoms. The number of anilines is 1. The summed E-state index contributed by atoms with van der Waals surface area (Å²) in [5.41, 5.74) is 11.8. The smallest absolute Gasteiger partial charge is 0.407 e. The van der Waals surface area contributed by atoms with Gasteiger partial charge in [0.15, 0.2) is 22.9 Å². The van der Waals surface area contributed by atoms with E-state index in [1.165, 1.54) is 6.33 Å². The van der Waals surface area contributed by atoms with Crippen molar-refractivity contribution in [2.75, 3.05) is 45.4 Å². The van der Waals surface area contributed by atoms with Crippen LogP contribution in [0.4, 0.5) is 10.6 Å². The summed E-state index contributed by atoms with van der Waals surface area (Å²) < 4.78 is 12.3. The summed E-state index contributed by atoms with van der Waals surface area (Å²) in [5.74, 6) is -0.515. The Morgan fingerprint density at radius 2 is 2.03 bits per heavy atom. The Morgan fingerprint density at radius 3 is 2.72 bits per heavy atom. The maximum absolute atomic E-state index is 11.8. The molecule has 0 bridgehead atoms. The van der Waals surface area contributed by atoms with Crippen molar-refractivity contribution in [1.82, 2.24) is 24.8 Å². The van der Waals surface area contributed by atoms with Crippen LogP contribution in [0.1, 0.15) is 12.8 Å². The highest BCUT2D eigenvalue weighted by Crippen LogP contribution is 2.19. The third kappa shape index (κ3) is 7.54. The van der Waals surface area contributed by atoms with Gasteiger partial charge in [0, 0.05) is 27.2 Å². The topological polar surface area (TPSA) is 196 Å². The molecule has 0 aromatic carbocycles. The summed E-state index contributed by atoms with van der Waals surface area (Å²) in [7, 11) is 3.76. The molecular formula is C18H29N9O5. The maximum Gasteiger partial charge on any atom is 0.407 e. The Hall–Kier alpha value is -3.68. The fourth-order valence-corrected chi connectivity index (χ4v) is 2.76. The van der Waals surface area contributed by atoms with Crippen LogP contribution in [0.2, 0.25) is 0 Å². The lowest BCUT2D eigenvalue weighted by Gasteiger charge is -2.14. The number of aliphatic imine (C=N–C) groups is 1. The summed E-state index contributed by atoms with van der Waals surface area (Å²) >= 11 is 0. The van der Waals surface area contributed by atoms with E-state index in [-0.39, 0.29) is 32.1 Å². The number of guanidine groups is 1. The molecule has 14 nitrogen and oxygen atoms in total. The van der Waals surface area contributed by atoms with Crippen LogP contribution in [0, 0.1) is 0 Å². The number of carbonyl (C=O) groups is 2. The second-order valence-corrected chi connectivity index (χ2v) is 6.93. The van der Waals surface area contributed by atoms with Crippen LogP contribution < -0.4 is 21.7 Å². The molecule has 1 atom stereocenters. The number of nitrogens with two attached hydrogens (primary N) is 2. The van der Waals surface area contributed by atoms with Gasteiger partial charge in [0.2, 0.25) is 0 Å². The molecule has 2 aromatic heterocycles. The first-order chi connectivity index (χ1) is 15.3. The third-order valence-corrected chi connectivity index (χ3v) is 4.28. The lowest BCUT2D eigenvalue weighted by molar-refractivity contribution is -0.139. The molecule has 2 aromatic rings. The first-order valence-electron chi connectivity index (χ1n) is 9.92. The molecule has 0 radical (unpaired) electrons. The van der Waals surface area contributed by atoms with Crippen molar-refractivity contribution in [3.63, 3.8) is 0 Å². The zero-order chi connectivity index (χ0) is 23.5. The number of carboxylic acids is 1. The van der Waals surface area contributed by atoms with E-state index in [1.807, 2.05) is 23.6 Å². The number of amides is 1. The fraction of sp³-hybridized carbons (Fsp3) is 0.556. The monoisotopic (exact) mass is 451 g/mol. The second-order valence-electron chi connectivity index (χ2n) is 6.93. The average molecular weight is 451 g/mol. The highest BCUT2D eigenvalue weighted by Gasteiger charge is 2.20. The van der Waals surface area contributed by atoms with E-state index in [4.69, 9.17) is 20.9 Å². The fourth-order valence-electron chi connectivity index (χ4n) is 2.76. The molecular weight excluding hydrogens is 422 g/mol. The zero-order valence-electron chi connectivity index (χ0n) is 18.1. The lowest BCUT2D eigenvalue weighted by atomic mass is 10.1. The quantitative estimate of drug-likeness (QED) is 0.168. The van der Waals surface area contributed by atoms with Crippen LogP contribution in [0.15, 0.2) is 17.6 Å². The van der Waals surface area contributed by atoms with Crippen molar-refractivity contribution < 1.29 is 24.2 Å². The van der Waals surface area contributed by atoms with E-state index in [9.17, 15) is 14.7 Å². The van der Waals surface area contributed by atoms with E-state index < -0.39 is 18.1 Å². The SMILES string of the molecule is CN(C)c1ncnc2c1ncn2CCOCCOC(=O)N[C@@H](CCCN=C(N)N)C(=O)O. The Balaban J connectivity index is 1.67. The van der Waals surface area contributed by atoms with Gasteiger partial charge in [0.25, 0.3) is 0 Å². The van der Waals surface area contributed by atoms with Crippen LogP contribution in [-0.4, -0.2) is 89.2 Å². The number of imidazole rings is 1. The minimum atomic E-state index is -1.17. The highest BCUT2D eigenvalue weighted by molar-refractivity contribution is 5.83. The van der Waals surface area contributed by atoms with Gasteiger partial charge in [0.1, 0.15) is 19.0 Å². The number of hydrogen-bond donors (Lipinski definition) is 4. The number of carbonyl (C=O) groups excluding carboxylic acids is 1. The molecule has 0 aliphatic rings. The lowest BCUT2D eigenvalue weighted by Crippen LogP contribution is -2.41. The molecule has 1 amide bonds. The van der Waals surface area contributed by atoms with E-state index in [0.717, 1.165) is 5.82 Å². The number of alkyl carbamates (subject to hydrolysis) is 1. The molecule has 0 saturated heterocycles. The van der Waals surface area contributed by atoms with Gasteiger partial charge in [-0.25, -0.2) is 24.5 Å². The minimum Gasteiger partial charge on any atom is -0.480 e. The largest absolute Gasteiger partial charge is 0.480 e. The van der Waals surface area contributed by atoms with Gasteiger partial charge >= 0.3 is 12.1 Å². The van der Waals surface area contributed by atoms with E-state index in [1.54, 1.807) is 6.33 Å². The molecule has 32 heavy (non-hydrogen) atoms. The number of hydrogen-bond acceptors (Lipinski definition) is 9. The zero-order valence-corrected chi connectivity index (χ0v) is 18.1. The Bertz CT molecular complexity index is 927. The van der Waals surface area contributed by atoms with E-state index in [0.29, 0.717) is 30.7 Å². The van der Waals surface area contributed by atoms with Crippen LogP contribution in [0.25, 0.3) is 11.2 Å². The van der Waals surface area contributed by atoms with Gasteiger partial charge in [-0.15, -0.1) is 0 Å². The number of nitrogens with zero attached hydrogens (tertiary/aromatic N) is 6. The molecule has 2 rings (SSSR count). The van der Waals surface area contributed by atoms with Crippen LogP contribution in [0.3, 0.4) is 0 Å². The van der Waals surface area contributed by atoms with Crippen LogP contribution in [0.5, 0.6) is 0 Å². The third-order valence-electron chi connectivity index (χ3n) is 4.28. The second kappa shape index (κ2) is 12.2. The summed E-state index contributed by atoms with van der Waals surface area (Å²) in [6.07, 6.45) is 2.86. The van der Waals surface area contributed by atoms with Gasteiger partial charge in [-0.05, 0) is 12.8 Å². The highest BCUT2D eigenvalue weighted by atomic mass is 16.6. The number of fused-ring (bicyclic) bond motifs is 1. The summed E-state index contributed by atoms with van der Waals surface area (Å²) in [5, 5.41) is 11.5. The molecule has 0 aliphatic carbocycles. The van der Waals surface area contributed by atoms with Crippen molar-refractivity contribution in [3.8, 4) is 0 Å². The molecule has 6 N–H and O–H groups in total. The van der Waals surface area contributed by atoms with Crippen molar-refractivity contribution in [2.24, 2.45) is 16.5 Å². The molecule has 2 heterocycles. The Kier molecular flexibility index (Phi) is 9.41. The molecule has 0 unspecified atom stereocenters. The molecule has 0 aliphatic heterocycles. The summed E-state index contributed by atoms with van der Waals surface area (Å²) in [6.45, 7) is 1.25. The van der Waals surface area contributed by atoms with E-state index >= 15 is 0 Å². The number of ether oxygens (including phenoxy) is 2. The first kappa shape index (κ1) is 24.6. The van der Waals surface area contributed by atoms with Gasteiger partial charge in [-0.1, -0.05) is 0 Å². The Morgan fingerprint density at radius 1 is 1.25 bits per heavy atom. The molecule has 0 saturated carbocycles. The number of aliphatic carboxylic acids is 1. The van der Waals surface area contributed by atoms with Crippen LogP contribution in [-0.2, 0) is 20.8 Å². The maximum atomic E-state index is 11.8. The van der Waals surface area contributed by atoms with Crippen molar-refractivity contribution >= 4 is 35.0 Å².